The Hall–Kier alpha value is -1.94. The Morgan fingerprint density at radius 1 is 1.17 bits per heavy atom. The molecule has 0 saturated heterocycles. The zero-order chi connectivity index (χ0) is 12.7. The first kappa shape index (κ1) is 11.2. The highest BCUT2D eigenvalue weighted by atomic mass is 32.1. The minimum absolute atomic E-state index is 0.791. The van der Waals surface area contributed by atoms with Crippen LogP contribution in [0.5, 0.6) is 0 Å². The maximum absolute atomic E-state index is 5.44. The van der Waals surface area contributed by atoms with Crippen molar-refractivity contribution in [1.29, 1.82) is 0 Å². The largest absolute Gasteiger partial charge is 0.291 e. The average Bonchev–Trinajstić information content (AvgIpc) is 2.81. The monoisotopic (exact) mass is 255 g/mol. The van der Waals surface area contributed by atoms with E-state index in [1.165, 1.54) is 0 Å². The summed E-state index contributed by atoms with van der Waals surface area (Å²) < 4.78 is 2.65. The number of aromatic amines is 1. The number of fused-ring (bicyclic) bond motifs is 1. The number of aromatic nitrogens is 3. The third-order valence-electron chi connectivity index (χ3n) is 3.17. The summed E-state index contributed by atoms with van der Waals surface area (Å²) in [4.78, 5) is 4.55. The molecule has 0 aliphatic heterocycles. The Kier molecular flexibility index (Phi) is 2.52. The molecular weight excluding hydrogens is 242 g/mol. The molecule has 90 valence electrons. The van der Waals surface area contributed by atoms with Gasteiger partial charge in [0.25, 0.3) is 0 Å². The Bertz CT molecular complexity index is 769. The van der Waals surface area contributed by atoms with E-state index in [-0.39, 0.29) is 0 Å². The van der Waals surface area contributed by atoms with Crippen molar-refractivity contribution in [1.82, 2.24) is 14.6 Å². The van der Waals surface area contributed by atoms with Gasteiger partial charge >= 0.3 is 0 Å². The first-order valence-electron chi connectivity index (χ1n) is 5.81. The lowest BCUT2D eigenvalue weighted by molar-refractivity contribution is 0.903. The number of nitrogens with one attached hydrogen (secondary N) is 1. The summed E-state index contributed by atoms with van der Waals surface area (Å²) in [6.07, 6.45) is 0. The molecule has 3 rings (SSSR count). The lowest BCUT2D eigenvalue weighted by Gasteiger charge is -2.01. The van der Waals surface area contributed by atoms with Crippen molar-refractivity contribution >= 4 is 17.9 Å². The molecule has 1 aromatic carbocycles. The molecule has 0 bridgehead atoms. The van der Waals surface area contributed by atoms with Gasteiger partial charge in [-0.05, 0) is 19.4 Å². The van der Waals surface area contributed by atoms with Crippen LogP contribution in [0.2, 0.25) is 0 Å². The standard InChI is InChI=1S/C14H13N3S/c1-9-10(2)15-13-8-12(16-17(13)14(9)18)11-6-4-3-5-7-11/h3-8,16H,1-2H3. The van der Waals surface area contributed by atoms with Gasteiger partial charge in [0.1, 0.15) is 4.64 Å². The Balaban J connectivity index is 2.30. The summed E-state index contributed by atoms with van der Waals surface area (Å²) >= 11 is 5.44. The molecule has 0 fully saturated rings. The van der Waals surface area contributed by atoms with Gasteiger partial charge in [-0.15, -0.1) is 0 Å². The Morgan fingerprint density at radius 3 is 2.61 bits per heavy atom. The molecule has 0 radical (unpaired) electrons. The van der Waals surface area contributed by atoms with Crippen LogP contribution >= 0.6 is 12.2 Å². The summed E-state index contributed by atoms with van der Waals surface area (Å²) in [7, 11) is 0. The topological polar surface area (TPSA) is 33.1 Å². The van der Waals surface area contributed by atoms with Gasteiger partial charge in [0.15, 0.2) is 5.65 Å². The normalized spacial score (nSPS) is 11.0. The first-order chi connectivity index (χ1) is 8.66. The molecule has 2 heterocycles. The number of hydrogen-bond donors (Lipinski definition) is 1. The molecule has 4 heteroatoms. The maximum Gasteiger partial charge on any atom is 0.155 e. The number of rotatable bonds is 1. The Morgan fingerprint density at radius 2 is 1.89 bits per heavy atom. The van der Waals surface area contributed by atoms with Gasteiger partial charge in [0.05, 0.1) is 5.69 Å². The fourth-order valence-electron chi connectivity index (χ4n) is 1.98. The summed E-state index contributed by atoms with van der Waals surface area (Å²) in [5.74, 6) is 0. The SMILES string of the molecule is Cc1nc2cc(-c3ccccc3)[nH]n2c(=S)c1C. The molecule has 0 aliphatic rings. The van der Waals surface area contributed by atoms with Crippen LogP contribution in [0.25, 0.3) is 16.9 Å². The maximum atomic E-state index is 5.44. The number of benzene rings is 1. The van der Waals surface area contributed by atoms with Crippen LogP contribution in [-0.4, -0.2) is 14.6 Å². The van der Waals surface area contributed by atoms with Gasteiger partial charge in [-0.1, -0.05) is 42.5 Å². The van der Waals surface area contributed by atoms with Gasteiger partial charge < -0.3 is 0 Å². The average molecular weight is 255 g/mol. The molecule has 0 spiro atoms. The van der Waals surface area contributed by atoms with Crippen LogP contribution in [0.3, 0.4) is 0 Å². The van der Waals surface area contributed by atoms with Gasteiger partial charge in [0.2, 0.25) is 0 Å². The highest BCUT2D eigenvalue weighted by molar-refractivity contribution is 7.71. The lowest BCUT2D eigenvalue weighted by atomic mass is 10.2. The molecule has 0 atom stereocenters. The van der Waals surface area contributed by atoms with Crippen molar-refractivity contribution in [3.8, 4) is 11.3 Å². The highest BCUT2D eigenvalue weighted by Crippen LogP contribution is 2.20. The molecule has 3 aromatic rings. The summed E-state index contributed by atoms with van der Waals surface area (Å²) in [6, 6.07) is 12.2. The quantitative estimate of drug-likeness (QED) is 0.673. The second-order valence-corrected chi connectivity index (χ2v) is 4.74. The zero-order valence-electron chi connectivity index (χ0n) is 10.3. The molecule has 3 nitrogen and oxygen atoms in total. The highest BCUT2D eigenvalue weighted by Gasteiger charge is 2.07. The predicted octanol–water partition coefficient (Wildman–Crippen LogP) is 3.68. The van der Waals surface area contributed by atoms with Crippen LogP contribution in [0.4, 0.5) is 0 Å². The fraction of sp³-hybridized carbons (Fsp3) is 0.143. The van der Waals surface area contributed by atoms with Crippen molar-refractivity contribution in [2.24, 2.45) is 0 Å². The minimum Gasteiger partial charge on any atom is -0.291 e. The molecule has 0 amide bonds. The van der Waals surface area contributed by atoms with Crippen molar-refractivity contribution in [3.63, 3.8) is 0 Å². The van der Waals surface area contributed by atoms with E-state index in [1.807, 2.05) is 42.6 Å². The number of hydrogen-bond acceptors (Lipinski definition) is 2. The molecule has 0 saturated carbocycles. The van der Waals surface area contributed by atoms with E-state index >= 15 is 0 Å². The van der Waals surface area contributed by atoms with E-state index in [0.717, 1.165) is 32.8 Å². The smallest absolute Gasteiger partial charge is 0.155 e. The van der Waals surface area contributed by atoms with E-state index in [9.17, 15) is 0 Å². The fourth-order valence-corrected chi connectivity index (χ4v) is 2.27. The molecule has 1 N–H and O–H groups in total. The molecule has 18 heavy (non-hydrogen) atoms. The van der Waals surface area contributed by atoms with E-state index in [2.05, 4.69) is 22.2 Å². The lowest BCUT2D eigenvalue weighted by Crippen LogP contribution is -1.98. The van der Waals surface area contributed by atoms with Crippen molar-refractivity contribution in [2.45, 2.75) is 13.8 Å². The van der Waals surface area contributed by atoms with E-state index in [0.29, 0.717) is 0 Å². The molecule has 0 aliphatic carbocycles. The first-order valence-corrected chi connectivity index (χ1v) is 6.22. The van der Waals surface area contributed by atoms with E-state index in [4.69, 9.17) is 12.2 Å². The molecular formula is C14H13N3S. The van der Waals surface area contributed by atoms with Gasteiger partial charge in [-0.3, -0.25) is 5.10 Å². The zero-order valence-corrected chi connectivity index (χ0v) is 11.1. The Labute approximate surface area is 110 Å². The van der Waals surface area contributed by atoms with Crippen molar-refractivity contribution in [3.05, 3.63) is 52.3 Å². The van der Waals surface area contributed by atoms with Crippen molar-refractivity contribution in [2.75, 3.05) is 0 Å². The van der Waals surface area contributed by atoms with Gasteiger partial charge in [-0.25, -0.2) is 9.50 Å². The van der Waals surface area contributed by atoms with Gasteiger partial charge in [0, 0.05) is 17.3 Å². The second-order valence-electron chi connectivity index (χ2n) is 4.36. The summed E-state index contributed by atoms with van der Waals surface area (Å²) in [5.41, 5.74) is 5.05. The van der Waals surface area contributed by atoms with Crippen molar-refractivity contribution < 1.29 is 0 Å². The third-order valence-corrected chi connectivity index (χ3v) is 3.66. The van der Waals surface area contributed by atoms with Gasteiger partial charge in [-0.2, -0.15) is 0 Å². The summed E-state index contributed by atoms with van der Waals surface area (Å²) in [6.45, 7) is 3.99. The summed E-state index contributed by atoms with van der Waals surface area (Å²) in [5, 5.41) is 3.30. The second kappa shape index (κ2) is 4.07. The molecule has 0 unspecified atom stereocenters. The number of H-pyrrole nitrogens is 1. The van der Waals surface area contributed by atoms with Crippen LogP contribution in [0.1, 0.15) is 11.3 Å². The molecule has 2 aromatic heterocycles. The minimum atomic E-state index is 0.791. The van der Waals surface area contributed by atoms with Crippen LogP contribution in [0.15, 0.2) is 36.4 Å². The number of aryl methyl sites for hydroxylation is 1. The van der Waals surface area contributed by atoms with Crippen LogP contribution in [-0.2, 0) is 0 Å². The van der Waals surface area contributed by atoms with E-state index < -0.39 is 0 Å². The third kappa shape index (κ3) is 1.66. The van der Waals surface area contributed by atoms with E-state index in [1.54, 1.807) is 0 Å². The van der Waals surface area contributed by atoms with Crippen LogP contribution < -0.4 is 0 Å². The van der Waals surface area contributed by atoms with Crippen LogP contribution in [0, 0.1) is 18.5 Å². The predicted molar refractivity (Wildman–Crippen MR) is 75.3 cm³/mol. The number of nitrogens with zero attached hydrogens (tertiary/aromatic N) is 2.